The maximum Gasteiger partial charge on any atom is 0.285 e. The Bertz CT molecular complexity index is 1050. The van der Waals surface area contributed by atoms with Gasteiger partial charge in [0.15, 0.2) is 5.84 Å². The Hall–Kier alpha value is -2.42. The Balaban J connectivity index is 0.00000240. The lowest BCUT2D eigenvalue weighted by Crippen LogP contribution is -2.51. The molecule has 0 unspecified atom stereocenters. The fourth-order valence-electron chi connectivity index (χ4n) is 3.78. The van der Waals surface area contributed by atoms with Crippen LogP contribution in [0, 0.1) is 0 Å². The highest BCUT2D eigenvalue weighted by Gasteiger charge is 2.34. The van der Waals surface area contributed by atoms with Crippen molar-refractivity contribution in [3.05, 3.63) is 59.7 Å². The number of nitrogens with one attached hydrogen (secondary N) is 2. The van der Waals surface area contributed by atoms with E-state index >= 15 is 0 Å². The zero-order valence-corrected chi connectivity index (χ0v) is 17.4. The van der Waals surface area contributed by atoms with Crippen LogP contribution in [-0.4, -0.2) is 32.2 Å². The first kappa shape index (κ1) is 21.3. The first-order valence-corrected chi connectivity index (χ1v) is 10.7. The maximum absolute atomic E-state index is 12.6. The molecule has 0 spiro atoms. The maximum atomic E-state index is 12.6. The molecule has 2 aromatic carbocycles. The van der Waals surface area contributed by atoms with Crippen LogP contribution < -0.4 is 16.4 Å². The Kier molecular flexibility index (Phi) is 5.97. The number of hydrogen-bond acceptors (Lipinski definition) is 5. The number of nitrogens with two attached hydrogens (primary N) is 1. The predicted molar refractivity (Wildman–Crippen MR) is 115 cm³/mol. The lowest BCUT2D eigenvalue weighted by molar-refractivity contribution is 0.0903. The molecule has 2 aromatic rings. The topological polar surface area (TPSA) is 114 Å². The third-order valence-corrected chi connectivity index (χ3v) is 6.71. The van der Waals surface area contributed by atoms with Crippen molar-refractivity contribution in [2.24, 2.45) is 10.1 Å². The monoisotopic (exact) mass is 434 g/mol. The number of benzene rings is 2. The van der Waals surface area contributed by atoms with Crippen LogP contribution in [-0.2, 0) is 10.0 Å². The van der Waals surface area contributed by atoms with Gasteiger partial charge in [0.2, 0.25) is 0 Å². The van der Waals surface area contributed by atoms with E-state index in [1.54, 1.807) is 42.5 Å². The van der Waals surface area contributed by atoms with E-state index in [-0.39, 0.29) is 34.6 Å². The molecule has 0 aromatic heterocycles. The van der Waals surface area contributed by atoms with Gasteiger partial charge in [-0.2, -0.15) is 8.42 Å². The minimum Gasteiger partial charge on any atom is -0.345 e. The van der Waals surface area contributed by atoms with Crippen molar-refractivity contribution < 1.29 is 13.2 Å². The number of carbonyl (C=O) groups is 1. The van der Waals surface area contributed by atoms with Crippen molar-refractivity contribution >= 4 is 39.9 Å². The number of fused-ring (bicyclic) bond motifs is 1. The predicted octanol–water partition coefficient (Wildman–Crippen LogP) is 2.67. The first-order chi connectivity index (χ1) is 13.4. The van der Waals surface area contributed by atoms with Gasteiger partial charge in [0.25, 0.3) is 15.9 Å². The highest BCUT2D eigenvalue weighted by atomic mass is 35.5. The SMILES string of the molecule is Cl.NCC1(NC(=O)c2ccc(NC3=NS(=O)(=O)c4ccccc43)cc2)CCCC1. The molecular weight excluding hydrogens is 412 g/mol. The normalized spacial score (nSPS) is 18.3. The summed E-state index contributed by atoms with van der Waals surface area (Å²) in [4.78, 5) is 12.8. The van der Waals surface area contributed by atoms with Gasteiger partial charge in [0.1, 0.15) is 4.90 Å². The van der Waals surface area contributed by atoms with E-state index in [9.17, 15) is 13.2 Å². The number of rotatable bonds is 4. The van der Waals surface area contributed by atoms with Crippen LogP contribution in [0.1, 0.15) is 41.6 Å². The van der Waals surface area contributed by atoms with Crippen molar-refractivity contribution in [3.63, 3.8) is 0 Å². The summed E-state index contributed by atoms with van der Waals surface area (Å²) in [6.45, 7) is 0.437. The smallest absolute Gasteiger partial charge is 0.285 e. The summed E-state index contributed by atoms with van der Waals surface area (Å²) in [6.07, 6.45) is 3.96. The van der Waals surface area contributed by atoms with Gasteiger partial charge < -0.3 is 16.4 Å². The summed E-state index contributed by atoms with van der Waals surface area (Å²) in [7, 11) is -3.67. The van der Waals surface area contributed by atoms with E-state index in [0.717, 1.165) is 25.7 Å². The molecule has 0 bridgehead atoms. The molecule has 1 amide bonds. The van der Waals surface area contributed by atoms with Crippen LogP contribution in [0.3, 0.4) is 0 Å². The number of sulfonamides is 1. The van der Waals surface area contributed by atoms with Gasteiger partial charge in [-0.05, 0) is 49.2 Å². The molecule has 4 N–H and O–H groups in total. The van der Waals surface area contributed by atoms with Gasteiger partial charge in [0, 0.05) is 23.4 Å². The highest BCUT2D eigenvalue weighted by molar-refractivity contribution is 7.90. The van der Waals surface area contributed by atoms with Gasteiger partial charge in [-0.3, -0.25) is 4.79 Å². The Morgan fingerprint density at radius 1 is 1.07 bits per heavy atom. The standard InChI is InChI=1S/C20H22N4O3S.ClH/c21-13-20(11-3-4-12-20)23-19(25)14-7-9-15(10-8-14)22-18-16-5-1-2-6-17(16)28(26,27)24-18;/h1-2,5-10H,3-4,11-13,21H2,(H,22,24)(H,23,25);1H. The van der Waals surface area contributed by atoms with Crippen molar-refractivity contribution in [2.75, 3.05) is 11.9 Å². The third kappa shape index (κ3) is 4.14. The van der Waals surface area contributed by atoms with E-state index in [4.69, 9.17) is 5.73 Å². The number of nitrogens with zero attached hydrogens (tertiary/aromatic N) is 1. The van der Waals surface area contributed by atoms with Crippen LogP contribution in [0.15, 0.2) is 57.8 Å². The molecule has 1 aliphatic heterocycles. The Morgan fingerprint density at radius 2 is 1.72 bits per heavy atom. The van der Waals surface area contributed by atoms with Gasteiger partial charge >= 0.3 is 0 Å². The number of halogens is 1. The summed E-state index contributed by atoms with van der Waals surface area (Å²) >= 11 is 0. The molecule has 0 saturated heterocycles. The Morgan fingerprint density at radius 3 is 2.38 bits per heavy atom. The number of amides is 1. The number of anilines is 1. The minimum atomic E-state index is -3.67. The zero-order valence-electron chi connectivity index (χ0n) is 15.7. The quantitative estimate of drug-likeness (QED) is 0.684. The van der Waals surface area contributed by atoms with E-state index in [2.05, 4.69) is 15.0 Å². The summed E-state index contributed by atoms with van der Waals surface area (Å²) in [5.41, 5.74) is 7.30. The van der Waals surface area contributed by atoms with Crippen LogP contribution in [0.25, 0.3) is 0 Å². The van der Waals surface area contributed by atoms with Gasteiger partial charge in [-0.15, -0.1) is 16.8 Å². The van der Waals surface area contributed by atoms with Gasteiger partial charge in [0.05, 0.1) is 5.54 Å². The molecule has 0 atom stereocenters. The lowest BCUT2D eigenvalue weighted by atomic mass is 9.97. The molecule has 2 aliphatic rings. The molecule has 4 rings (SSSR count). The highest BCUT2D eigenvalue weighted by Crippen LogP contribution is 2.29. The Labute approximate surface area is 176 Å². The largest absolute Gasteiger partial charge is 0.345 e. The fraction of sp³-hybridized carbons (Fsp3) is 0.300. The molecule has 0 radical (unpaired) electrons. The van der Waals surface area contributed by atoms with Crippen LogP contribution in [0.4, 0.5) is 5.69 Å². The van der Waals surface area contributed by atoms with E-state index in [1.165, 1.54) is 6.07 Å². The average molecular weight is 435 g/mol. The molecule has 1 fully saturated rings. The van der Waals surface area contributed by atoms with Crippen LogP contribution >= 0.6 is 12.4 Å². The summed E-state index contributed by atoms with van der Waals surface area (Å²) < 4.78 is 28.1. The van der Waals surface area contributed by atoms with Crippen molar-refractivity contribution in [3.8, 4) is 0 Å². The number of carbonyl (C=O) groups excluding carboxylic acids is 1. The average Bonchev–Trinajstić information content (AvgIpc) is 3.26. The second-order valence-corrected chi connectivity index (χ2v) is 8.83. The van der Waals surface area contributed by atoms with Crippen LogP contribution in [0.2, 0.25) is 0 Å². The number of amidine groups is 1. The molecule has 1 aliphatic carbocycles. The molecule has 1 heterocycles. The second-order valence-electron chi connectivity index (χ2n) is 7.26. The second kappa shape index (κ2) is 8.14. The van der Waals surface area contributed by atoms with Crippen molar-refractivity contribution in [1.82, 2.24) is 5.32 Å². The van der Waals surface area contributed by atoms with Gasteiger partial charge in [-0.25, -0.2) is 0 Å². The molecule has 29 heavy (non-hydrogen) atoms. The van der Waals surface area contributed by atoms with Crippen LogP contribution in [0.5, 0.6) is 0 Å². The molecule has 7 nitrogen and oxygen atoms in total. The number of hydrogen-bond donors (Lipinski definition) is 3. The van der Waals surface area contributed by atoms with Gasteiger partial charge in [-0.1, -0.05) is 25.0 Å². The summed E-state index contributed by atoms with van der Waals surface area (Å²) in [5.74, 6) is 0.130. The van der Waals surface area contributed by atoms with Crippen molar-refractivity contribution in [2.45, 2.75) is 36.1 Å². The molecule has 1 saturated carbocycles. The summed E-state index contributed by atoms with van der Waals surface area (Å²) in [5, 5.41) is 6.12. The minimum absolute atomic E-state index is 0. The van der Waals surface area contributed by atoms with E-state index in [1.807, 2.05) is 0 Å². The molecule has 154 valence electrons. The van der Waals surface area contributed by atoms with E-state index in [0.29, 0.717) is 23.4 Å². The summed E-state index contributed by atoms with van der Waals surface area (Å²) in [6, 6.07) is 13.5. The third-order valence-electron chi connectivity index (χ3n) is 5.37. The first-order valence-electron chi connectivity index (χ1n) is 9.27. The lowest BCUT2D eigenvalue weighted by Gasteiger charge is -2.28. The fourth-order valence-corrected chi connectivity index (χ4v) is 4.96. The molecular formula is C20H23ClN4O3S. The van der Waals surface area contributed by atoms with E-state index < -0.39 is 10.0 Å². The zero-order chi connectivity index (χ0) is 19.8. The van der Waals surface area contributed by atoms with Crippen molar-refractivity contribution in [1.29, 1.82) is 0 Å². The molecule has 9 heteroatoms.